The highest BCUT2D eigenvalue weighted by Gasteiger charge is 2.20. The number of ketones is 1. The number of hydrogen-bond donors (Lipinski definition) is 1. The maximum atomic E-state index is 12.1. The Balaban J connectivity index is 1.88. The van der Waals surface area contributed by atoms with Gasteiger partial charge >= 0.3 is 0 Å². The van der Waals surface area contributed by atoms with Crippen molar-refractivity contribution in [3.05, 3.63) is 34.9 Å². The largest absolute Gasteiger partial charge is 0.317 e. The molecule has 1 aromatic rings. The van der Waals surface area contributed by atoms with E-state index in [1.165, 1.54) is 16.7 Å². The van der Waals surface area contributed by atoms with Crippen LogP contribution in [0.4, 0.5) is 0 Å². The van der Waals surface area contributed by atoms with Gasteiger partial charge in [0.2, 0.25) is 0 Å². The third-order valence-corrected chi connectivity index (χ3v) is 3.93. The number of carbonyl (C=O) groups is 1. The molecule has 0 bridgehead atoms. The summed E-state index contributed by atoms with van der Waals surface area (Å²) in [6.07, 6.45) is 3.64. The number of benzene rings is 1. The topological polar surface area (TPSA) is 29.1 Å². The molecule has 1 aliphatic heterocycles. The van der Waals surface area contributed by atoms with Crippen molar-refractivity contribution in [3.63, 3.8) is 0 Å². The molecule has 0 aliphatic carbocycles. The highest BCUT2D eigenvalue weighted by molar-refractivity contribution is 5.81. The van der Waals surface area contributed by atoms with Crippen LogP contribution in [-0.2, 0) is 11.2 Å². The first-order chi connectivity index (χ1) is 8.66. The Morgan fingerprint density at radius 3 is 2.67 bits per heavy atom. The van der Waals surface area contributed by atoms with Gasteiger partial charge in [-0.15, -0.1) is 0 Å². The number of Topliss-reactive ketones (excluding diaryl/α,β-unsaturated/α-hetero) is 1. The predicted molar refractivity (Wildman–Crippen MR) is 74.8 cm³/mol. The number of nitrogens with one attached hydrogen (secondary N) is 1. The normalized spacial score (nSPS) is 16.8. The van der Waals surface area contributed by atoms with Gasteiger partial charge in [0.25, 0.3) is 0 Å². The van der Waals surface area contributed by atoms with E-state index >= 15 is 0 Å². The van der Waals surface area contributed by atoms with E-state index in [0.717, 1.165) is 32.4 Å². The van der Waals surface area contributed by atoms with Gasteiger partial charge in [0.05, 0.1) is 0 Å². The molecule has 2 nitrogen and oxygen atoms in total. The van der Waals surface area contributed by atoms with Gasteiger partial charge in [-0.1, -0.05) is 23.8 Å². The second kappa shape index (κ2) is 6.14. The quantitative estimate of drug-likeness (QED) is 0.883. The summed E-state index contributed by atoms with van der Waals surface area (Å²) in [4.78, 5) is 12.1. The minimum Gasteiger partial charge on any atom is -0.317 e. The zero-order valence-electron chi connectivity index (χ0n) is 11.5. The Labute approximate surface area is 110 Å². The molecular weight excluding hydrogens is 222 g/mol. The van der Waals surface area contributed by atoms with E-state index in [4.69, 9.17) is 0 Å². The predicted octanol–water partition coefficient (Wildman–Crippen LogP) is 2.80. The van der Waals surface area contributed by atoms with Gasteiger partial charge in [0, 0.05) is 12.3 Å². The maximum Gasteiger partial charge on any atom is 0.136 e. The van der Waals surface area contributed by atoms with Crippen molar-refractivity contribution < 1.29 is 4.79 Å². The fourth-order valence-electron chi connectivity index (χ4n) is 2.73. The number of carbonyl (C=O) groups excluding carboxylic acids is 1. The molecule has 0 radical (unpaired) electrons. The first-order valence-corrected chi connectivity index (χ1v) is 6.96. The number of hydrogen-bond acceptors (Lipinski definition) is 2. The first-order valence-electron chi connectivity index (χ1n) is 6.96. The fourth-order valence-corrected chi connectivity index (χ4v) is 2.73. The summed E-state index contributed by atoms with van der Waals surface area (Å²) in [5.41, 5.74) is 3.93. The van der Waals surface area contributed by atoms with Gasteiger partial charge in [-0.2, -0.15) is 0 Å². The van der Waals surface area contributed by atoms with Crippen molar-refractivity contribution in [3.8, 4) is 0 Å². The van der Waals surface area contributed by atoms with Crippen LogP contribution in [0.3, 0.4) is 0 Å². The molecule has 1 saturated heterocycles. The van der Waals surface area contributed by atoms with Crippen LogP contribution < -0.4 is 5.32 Å². The average Bonchev–Trinajstić information content (AvgIpc) is 2.38. The van der Waals surface area contributed by atoms with E-state index in [1.807, 2.05) is 0 Å². The van der Waals surface area contributed by atoms with Crippen LogP contribution in [0, 0.1) is 19.8 Å². The van der Waals surface area contributed by atoms with E-state index in [1.54, 1.807) is 0 Å². The minimum absolute atomic E-state index is 0.303. The second-order valence-corrected chi connectivity index (χ2v) is 5.42. The standard InChI is InChI=1S/C16H23NO/c1-12-3-4-14(13(2)11-12)5-6-16(18)15-7-9-17-10-8-15/h3-4,11,15,17H,5-10H2,1-2H3. The Bertz CT molecular complexity index is 419. The van der Waals surface area contributed by atoms with Crippen molar-refractivity contribution in [2.24, 2.45) is 5.92 Å². The van der Waals surface area contributed by atoms with Gasteiger partial charge in [0.1, 0.15) is 5.78 Å². The summed E-state index contributed by atoms with van der Waals surface area (Å²) in [6.45, 7) is 6.24. The summed E-state index contributed by atoms with van der Waals surface area (Å²) in [6, 6.07) is 6.50. The molecular formula is C16H23NO. The molecule has 0 amide bonds. The Morgan fingerprint density at radius 2 is 2.00 bits per heavy atom. The molecule has 1 N–H and O–H groups in total. The van der Waals surface area contributed by atoms with Crippen LogP contribution in [0.5, 0.6) is 0 Å². The second-order valence-electron chi connectivity index (χ2n) is 5.42. The van der Waals surface area contributed by atoms with Crippen molar-refractivity contribution in [1.29, 1.82) is 0 Å². The van der Waals surface area contributed by atoms with E-state index in [9.17, 15) is 4.79 Å². The van der Waals surface area contributed by atoms with Crippen molar-refractivity contribution in [2.75, 3.05) is 13.1 Å². The van der Waals surface area contributed by atoms with Crippen LogP contribution in [0.1, 0.15) is 36.0 Å². The van der Waals surface area contributed by atoms with Gasteiger partial charge in [-0.3, -0.25) is 4.79 Å². The molecule has 1 heterocycles. The monoisotopic (exact) mass is 245 g/mol. The molecule has 2 rings (SSSR count). The van der Waals surface area contributed by atoms with E-state index in [0.29, 0.717) is 18.1 Å². The average molecular weight is 245 g/mol. The molecule has 0 spiro atoms. The number of piperidine rings is 1. The minimum atomic E-state index is 0.303. The Morgan fingerprint density at radius 1 is 1.28 bits per heavy atom. The highest BCUT2D eigenvalue weighted by atomic mass is 16.1. The molecule has 18 heavy (non-hydrogen) atoms. The smallest absolute Gasteiger partial charge is 0.136 e. The Hall–Kier alpha value is -1.15. The lowest BCUT2D eigenvalue weighted by Gasteiger charge is -2.21. The summed E-state index contributed by atoms with van der Waals surface area (Å²) in [5.74, 6) is 0.758. The summed E-state index contributed by atoms with van der Waals surface area (Å²) < 4.78 is 0. The van der Waals surface area contributed by atoms with E-state index in [2.05, 4.69) is 37.4 Å². The number of aryl methyl sites for hydroxylation is 3. The molecule has 98 valence electrons. The number of rotatable bonds is 4. The maximum absolute atomic E-state index is 12.1. The summed E-state index contributed by atoms with van der Waals surface area (Å²) >= 11 is 0. The fraction of sp³-hybridized carbons (Fsp3) is 0.562. The lowest BCUT2D eigenvalue weighted by atomic mass is 9.89. The van der Waals surface area contributed by atoms with Gasteiger partial charge in [-0.25, -0.2) is 0 Å². The van der Waals surface area contributed by atoms with Crippen LogP contribution in [0.15, 0.2) is 18.2 Å². The van der Waals surface area contributed by atoms with Crippen molar-refractivity contribution >= 4 is 5.78 Å². The highest BCUT2D eigenvalue weighted by Crippen LogP contribution is 2.18. The van der Waals surface area contributed by atoms with E-state index < -0.39 is 0 Å². The third-order valence-electron chi connectivity index (χ3n) is 3.93. The van der Waals surface area contributed by atoms with Crippen molar-refractivity contribution in [2.45, 2.75) is 39.5 Å². The molecule has 0 aromatic heterocycles. The lowest BCUT2D eigenvalue weighted by Crippen LogP contribution is -2.31. The van der Waals surface area contributed by atoms with Crippen LogP contribution in [0.2, 0.25) is 0 Å². The van der Waals surface area contributed by atoms with E-state index in [-0.39, 0.29) is 0 Å². The van der Waals surface area contributed by atoms with Gasteiger partial charge in [0.15, 0.2) is 0 Å². The first kappa shape index (κ1) is 13.3. The molecule has 1 aliphatic rings. The van der Waals surface area contributed by atoms with Gasteiger partial charge < -0.3 is 5.32 Å². The zero-order valence-corrected chi connectivity index (χ0v) is 11.5. The van der Waals surface area contributed by atoms with Crippen molar-refractivity contribution in [1.82, 2.24) is 5.32 Å². The molecule has 1 aromatic carbocycles. The summed E-state index contributed by atoms with van der Waals surface area (Å²) in [5, 5.41) is 3.31. The summed E-state index contributed by atoms with van der Waals surface area (Å²) in [7, 11) is 0. The third kappa shape index (κ3) is 3.42. The van der Waals surface area contributed by atoms with Gasteiger partial charge in [-0.05, 0) is 57.3 Å². The Kier molecular flexibility index (Phi) is 4.54. The molecule has 0 unspecified atom stereocenters. The lowest BCUT2D eigenvalue weighted by molar-refractivity contribution is -0.123. The molecule has 0 atom stereocenters. The molecule has 0 saturated carbocycles. The SMILES string of the molecule is Cc1ccc(CCC(=O)C2CCNCC2)c(C)c1. The van der Waals surface area contributed by atoms with Crippen LogP contribution >= 0.6 is 0 Å². The zero-order chi connectivity index (χ0) is 13.0. The van der Waals surface area contributed by atoms with Crippen LogP contribution in [0.25, 0.3) is 0 Å². The molecule has 2 heteroatoms. The van der Waals surface area contributed by atoms with Crippen LogP contribution in [-0.4, -0.2) is 18.9 Å². The molecule has 1 fully saturated rings.